The van der Waals surface area contributed by atoms with Crippen molar-refractivity contribution in [1.82, 2.24) is 4.98 Å². The molecule has 2 N–H and O–H groups in total. The minimum atomic E-state index is -4.83. The molecule has 3 rings (SSSR count). The number of aromatic carboxylic acids is 1. The van der Waals surface area contributed by atoms with E-state index in [-0.39, 0.29) is 5.13 Å². The summed E-state index contributed by atoms with van der Waals surface area (Å²) in [6, 6.07) is 16.1. The molecular weight excluding hydrogens is 381 g/mol. The Balaban J connectivity index is 1.69. The highest BCUT2D eigenvalue weighted by Gasteiger charge is 2.39. The number of hydrogen-bond acceptors (Lipinski definition) is 5. The van der Waals surface area contributed by atoms with Gasteiger partial charge in [-0.2, -0.15) is 13.2 Å². The SMILES string of the molecule is O=C(O)c1sc(Nc2ccc(OCc3ccccc3)cc2)nc1C(F)(F)F. The lowest BCUT2D eigenvalue weighted by molar-refractivity contribution is -0.141. The van der Waals surface area contributed by atoms with Crippen LogP contribution in [0.4, 0.5) is 24.0 Å². The number of benzene rings is 2. The maximum Gasteiger partial charge on any atom is 0.435 e. The number of halogens is 3. The number of carboxylic acids is 1. The predicted octanol–water partition coefficient (Wildman–Crippen LogP) is 5.18. The van der Waals surface area contributed by atoms with Gasteiger partial charge in [-0.1, -0.05) is 41.7 Å². The fraction of sp³-hybridized carbons (Fsp3) is 0.111. The van der Waals surface area contributed by atoms with E-state index in [0.29, 0.717) is 29.4 Å². The molecule has 0 atom stereocenters. The molecule has 27 heavy (non-hydrogen) atoms. The Kier molecular flexibility index (Phi) is 5.31. The molecule has 5 nitrogen and oxygen atoms in total. The van der Waals surface area contributed by atoms with Crippen LogP contribution in [-0.4, -0.2) is 16.1 Å². The number of nitrogens with zero attached hydrogens (tertiary/aromatic N) is 1. The standard InChI is InChI=1S/C18H13F3N2O3S/c19-18(20,21)15-14(16(24)25)27-17(23-15)22-12-6-8-13(9-7-12)26-10-11-4-2-1-3-5-11/h1-9H,10H2,(H,22,23)(H,24,25). The van der Waals surface area contributed by atoms with Gasteiger partial charge < -0.3 is 15.2 Å². The highest BCUT2D eigenvalue weighted by Crippen LogP contribution is 2.37. The summed E-state index contributed by atoms with van der Waals surface area (Å²) < 4.78 is 44.3. The van der Waals surface area contributed by atoms with E-state index in [9.17, 15) is 18.0 Å². The number of ether oxygens (including phenoxy) is 1. The Morgan fingerprint density at radius 3 is 2.33 bits per heavy atom. The van der Waals surface area contributed by atoms with E-state index in [1.165, 1.54) is 0 Å². The Hall–Kier alpha value is -3.07. The maximum absolute atomic E-state index is 12.9. The highest BCUT2D eigenvalue weighted by molar-refractivity contribution is 7.17. The summed E-state index contributed by atoms with van der Waals surface area (Å²) in [5, 5.41) is 11.5. The monoisotopic (exact) mass is 394 g/mol. The van der Waals surface area contributed by atoms with E-state index >= 15 is 0 Å². The smallest absolute Gasteiger partial charge is 0.435 e. The van der Waals surface area contributed by atoms with Gasteiger partial charge >= 0.3 is 12.1 Å². The topological polar surface area (TPSA) is 71.5 Å². The van der Waals surface area contributed by atoms with Crippen LogP contribution in [0.5, 0.6) is 5.75 Å². The number of nitrogens with one attached hydrogen (secondary N) is 1. The van der Waals surface area contributed by atoms with E-state index in [4.69, 9.17) is 9.84 Å². The maximum atomic E-state index is 12.9. The van der Waals surface area contributed by atoms with E-state index in [2.05, 4.69) is 10.3 Å². The molecule has 0 saturated heterocycles. The van der Waals surface area contributed by atoms with Gasteiger partial charge in [0.05, 0.1) is 0 Å². The fourth-order valence-corrected chi connectivity index (χ4v) is 3.05. The van der Waals surface area contributed by atoms with Crippen molar-refractivity contribution < 1.29 is 27.8 Å². The first kappa shape index (κ1) is 18.7. The summed E-state index contributed by atoms with van der Waals surface area (Å²) in [5.41, 5.74) is 0.0511. The average Bonchev–Trinajstić information content (AvgIpc) is 3.07. The third kappa shape index (κ3) is 4.76. The molecule has 0 aliphatic carbocycles. The Labute approximate surface area is 156 Å². The molecule has 0 spiro atoms. The molecule has 0 radical (unpaired) electrons. The zero-order chi connectivity index (χ0) is 19.4. The fourth-order valence-electron chi connectivity index (χ4n) is 2.21. The molecule has 0 saturated carbocycles. The van der Waals surface area contributed by atoms with Gasteiger partial charge in [0.2, 0.25) is 0 Å². The van der Waals surface area contributed by atoms with Gasteiger partial charge in [0.15, 0.2) is 10.8 Å². The molecule has 0 bridgehead atoms. The predicted molar refractivity (Wildman–Crippen MR) is 94.6 cm³/mol. The van der Waals surface area contributed by atoms with Gasteiger partial charge in [0.1, 0.15) is 17.2 Å². The largest absolute Gasteiger partial charge is 0.489 e. The summed E-state index contributed by atoms with van der Waals surface area (Å²) in [6.07, 6.45) is -4.83. The van der Waals surface area contributed by atoms with Crippen LogP contribution in [0.3, 0.4) is 0 Å². The first-order valence-corrected chi connectivity index (χ1v) is 8.50. The minimum absolute atomic E-state index is 0.155. The molecule has 1 heterocycles. The van der Waals surface area contributed by atoms with Crippen molar-refractivity contribution in [3.8, 4) is 5.75 Å². The quantitative estimate of drug-likeness (QED) is 0.603. The number of anilines is 2. The van der Waals surface area contributed by atoms with Crippen molar-refractivity contribution >= 4 is 28.1 Å². The molecule has 0 amide bonds. The van der Waals surface area contributed by atoms with Crippen LogP contribution < -0.4 is 10.1 Å². The Morgan fingerprint density at radius 2 is 1.78 bits per heavy atom. The van der Waals surface area contributed by atoms with Crippen LogP contribution in [0, 0.1) is 0 Å². The van der Waals surface area contributed by atoms with Crippen molar-refractivity contribution in [2.24, 2.45) is 0 Å². The molecule has 0 unspecified atom stereocenters. The van der Waals surface area contributed by atoms with Gasteiger partial charge in [-0.25, -0.2) is 9.78 Å². The Bertz CT molecular complexity index is 925. The second-order valence-corrected chi connectivity index (χ2v) is 6.42. The second-order valence-electron chi connectivity index (χ2n) is 5.42. The summed E-state index contributed by atoms with van der Waals surface area (Å²) in [4.78, 5) is 13.5. The summed E-state index contributed by atoms with van der Waals surface area (Å²) >= 11 is 0.428. The number of hydrogen-bond donors (Lipinski definition) is 2. The minimum Gasteiger partial charge on any atom is -0.489 e. The third-order valence-corrected chi connectivity index (χ3v) is 4.40. The van der Waals surface area contributed by atoms with Crippen molar-refractivity contribution in [3.63, 3.8) is 0 Å². The van der Waals surface area contributed by atoms with Crippen LogP contribution >= 0.6 is 11.3 Å². The summed E-state index contributed by atoms with van der Waals surface area (Å²) in [5.74, 6) is -1.08. The first-order valence-electron chi connectivity index (χ1n) is 7.68. The van der Waals surface area contributed by atoms with Crippen molar-refractivity contribution in [2.45, 2.75) is 12.8 Å². The summed E-state index contributed by atoms with van der Waals surface area (Å²) in [6.45, 7) is 0.386. The van der Waals surface area contributed by atoms with E-state index < -0.39 is 22.7 Å². The average molecular weight is 394 g/mol. The van der Waals surface area contributed by atoms with Gasteiger partial charge in [-0.05, 0) is 29.8 Å². The van der Waals surface area contributed by atoms with E-state index in [0.717, 1.165) is 5.56 Å². The molecule has 9 heteroatoms. The van der Waals surface area contributed by atoms with Crippen LogP contribution in [-0.2, 0) is 12.8 Å². The number of alkyl halides is 3. The lowest BCUT2D eigenvalue weighted by Gasteiger charge is -2.08. The molecule has 0 aliphatic heterocycles. The zero-order valence-electron chi connectivity index (χ0n) is 13.7. The number of rotatable bonds is 6. The molecule has 0 fully saturated rings. The number of aromatic nitrogens is 1. The lowest BCUT2D eigenvalue weighted by Crippen LogP contribution is -2.11. The van der Waals surface area contributed by atoms with Gasteiger partial charge in [-0.15, -0.1) is 0 Å². The third-order valence-electron chi connectivity index (χ3n) is 3.44. The van der Waals surface area contributed by atoms with Gasteiger partial charge in [0, 0.05) is 5.69 Å². The van der Waals surface area contributed by atoms with Gasteiger partial charge in [-0.3, -0.25) is 0 Å². The van der Waals surface area contributed by atoms with Crippen LogP contribution in [0.2, 0.25) is 0 Å². The zero-order valence-corrected chi connectivity index (χ0v) is 14.5. The molecular formula is C18H13F3N2O3S. The van der Waals surface area contributed by atoms with Crippen molar-refractivity contribution in [1.29, 1.82) is 0 Å². The molecule has 0 aliphatic rings. The number of thiazole rings is 1. The number of carboxylic acid groups (broad SMARTS) is 1. The Morgan fingerprint density at radius 1 is 1.11 bits per heavy atom. The molecule has 140 valence electrons. The normalized spacial score (nSPS) is 11.2. The molecule has 3 aromatic rings. The van der Waals surface area contributed by atoms with Crippen LogP contribution in [0.25, 0.3) is 0 Å². The second kappa shape index (κ2) is 7.67. The van der Waals surface area contributed by atoms with E-state index in [1.54, 1.807) is 24.3 Å². The van der Waals surface area contributed by atoms with E-state index in [1.807, 2.05) is 30.3 Å². The number of carbonyl (C=O) groups is 1. The van der Waals surface area contributed by atoms with Gasteiger partial charge in [0.25, 0.3) is 0 Å². The van der Waals surface area contributed by atoms with Crippen molar-refractivity contribution in [3.05, 3.63) is 70.7 Å². The van der Waals surface area contributed by atoms with Crippen LogP contribution in [0.1, 0.15) is 20.9 Å². The molecule has 1 aromatic heterocycles. The lowest BCUT2D eigenvalue weighted by atomic mass is 10.2. The van der Waals surface area contributed by atoms with Crippen molar-refractivity contribution in [2.75, 3.05) is 5.32 Å². The first-order chi connectivity index (χ1) is 12.8. The summed E-state index contributed by atoms with van der Waals surface area (Å²) in [7, 11) is 0. The van der Waals surface area contributed by atoms with Crippen LogP contribution in [0.15, 0.2) is 54.6 Å². The highest BCUT2D eigenvalue weighted by atomic mass is 32.1. The molecule has 2 aromatic carbocycles.